The van der Waals surface area contributed by atoms with Crippen molar-refractivity contribution in [3.05, 3.63) is 0 Å². The number of amides is 1. The van der Waals surface area contributed by atoms with Gasteiger partial charge in [0.15, 0.2) is 0 Å². The molecule has 1 atom stereocenters. The van der Waals surface area contributed by atoms with Crippen LogP contribution in [0.3, 0.4) is 0 Å². The van der Waals surface area contributed by atoms with Gasteiger partial charge in [0.25, 0.3) is 0 Å². The number of hydrogen-bond acceptors (Lipinski definition) is 3. The van der Waals surface area contributed by atoms with Crippen molar-refractivity contribution in [2.45, 2.75) is 38.6 Å². The third kappa shape index (κ3) is 3.90. The van der Waals surface area contributed by atoms with Crippen molar-refractivity contribution in [1.82, 2.24) is 4.90 Å². The summed E-state index contributed by atoms with van der Waals surface area (Å²) in [6.07, 6.45) is 4.73. The molecule has 1 saturated carbocycles. The molecule has 18 heavy (non-hydrogen) atoms. The molecule has 1 aliphatic rings. The predicted octanol–water partition coefficient (Wildman–Crippen LogP) is 2.09. The highest BCUT2D eigenvalue weighted by atomic mass is 32.2. The molecule has 0 spiro atoms. The van der Waals surface area contributed by atoms with Gasteiger partial charge in [0, 0.05) is 24.8 Å². The van der Waals surface area contributed by atoms with E-state index in [-0.39, 0.29) is 23.8 Å². The monoisotopic (exact) mass is 273 g/mol. The highest BCUT2D eigenvalue weighted by Gasteiger charge is 2.32. The number of carbonyl (C=O) groups excluding carboxylic acids is 1. The summed E-state index contributed by atoms with van der Waals surface area (Å²) in [5.74, 6) is 0.176. The quantitative estimate of drug-likeness (QED) is 0.833. The average molecular weight is 273 g/mol. The average Bonchev–Trinajstić information content (AvgIpc) is 2.37. The van der Waals surface area contributed by atoms with Crippen LogP contribution in [0.4, 0.5) is 0 Å². The summed E-state index contributed by atoms with van der Waals surface area (Å²) in [5, 5.41) is 8.93. The second kappa shape index (κ2) is 7.02. The Morgan fingerprint density at radius 2 is 1.78 bits per heavy atom. The van der Waals surface area contributed by atoms with Gasteiger partial charge in [-0.15, -0.1) is 0 Å². The third-order valence-corrected chi connectivity index (χ3v) is 4.66. The van der Waals surface area contributed by atoms with E-state index in [0.717, 1.165) is 5.75 Å². The van der Waals surface area contributed by atoms with E-state index >= 15 is 0 Å². The lowest BCUT2D eigenvalue weighted by atomic mass is 9.81. The van der Waals surface area contributed by atoms with Crippen molar-refractivity contribution in [3.63, 3.8) is 0 Å². The smallest absolute Gasteiger partial charge is 0.306 e. The maximum absolute atomic E-state index is 12.3. The van der Waals surface area contributed by atoms with E-state index in [1.54, 1.807) is 11.8 Å². The molecule has 4 nitrogen and oxygen atoms in total. The Hall–Kier alpha value is -0.710. The Morgan fingerprint density at radius 1 is 1.28 bits per heavy atom. The Balaban J connectivity index is 2.46. The van der Waals surface area contributed by atoms with Crippen LogP contribution in [0.15, 0.2) is 0 Å². The molecule has 0 radical (unpaired) electrons. The topological polar surface area (TPSA) is 57.6 Å². The van der Waals surface area contributed by atoms with Gasteiger partial charge in [0.1, 0.15) is 0 Å². The molecule has 1 unspecified atom stereocenters. The van der Waals surface area contributed by atoms with Crippen molar-refractivity contribution < 1.29 is 14.7 Å². The SMILES string of the molecule is CSCC(C)N(C)C(=O)C1CCC(C(=O)O)CC1. The standard InChI is InChI=1S/C13H23NO3S/c1-9(8-18-3)14(2)12(15)10-4-6-11(7-5-10)13(16)17/h9-11H,4-8H2,1-3H3,(H,16,17). The summed E-state index contributed by atoms with van der Waals surface area (Å²) >= 11 is 1.73. The van der Waals surface area contributed by atoms with E-state index in [1.807, 2.05) is 18.2 Å². The van der Waals surface area contributed by atoms with Gasteiger partial charge in [0.05, 0.1) is 5.92 Å². The fraction of sp³-hybridized carbons (Fsp3) is 0.846. The molecule has 0 aromatic heterocycles. The van der Waals surface area contributed by atoms with Crippen LogP contribution in [-0.2, 0) is 9.59 Å². The van der Waals surface area contributed by atoms with Crippen molar-refractivity contribution in [2.24, 2.45) is 11.8 Å². The Bertz CT molecular complexity index is 301. The van der Waals surface area contributed by atoms with Crippen LogP contribution in [0, 0.1) is 11.8 Å². The number of nitrogens with zero attached hydrogens (tertiary/aromatic N) is 1. The molecule has 0 aromatic carbocycles. The molecule has 0 heterocycles. The zero-order chi connectivity index (χ0) is 13.7. The molecule has 1 N–H and O–H groups in total. The fourth-order valence-electron chi connectivity index (χ4n) is 2.45. The first kappa shape index (κ1) is 15.3. The van der Waals surface area contributed by atoms with E-state index in [4.69, 9.17) is 5.11 Å². The number of aliphatic carboxylic acids is 1. The summed E-state index contributed by atoms with van der Waals surface area (Å²) in [6, 6.07) is 0.240. The number of rotatable bonds is 5. The molecule has 0 aliphatic heterocycles. The van der Waals surface area contributed by atoms with Gasteiger partial charge < -0.3 is 10.0 Å². The van der Waals surface area contributed by atoms with Gasteiger partial charge >= 0.3 is 5.97 Å². The van der Waals surface area contributed by atoms with Gasteiger partial charge in [-0.2, -0.15) is 11.8 Å². The molecule has 1 amide bonds. The number of hydrogen-bond donors (Lipinski definition) is 1. The van der Waals surface area contributed by atoms with Crippen molar-refractivity contribution in [3.8, 4) is 0 Å². The van der Waals surface area contributed by atoms with Crippen LogP contribution in [-0.4, -0.2) is 47.0 Å². The number of carbonyl (C=O) groups is 2. The molecule has 0 bridgehead atoms. The van der Waals surface area contributed by atoms with E-state index in [0.29, 0.717) is 25.7 Å². The normalized spacial score (nSPS) is 25.5. The van der Waals surface area contributed by atoms with Crippen molar-refractivity contribution >= 4 is 23.6 Å². The maximum atomic E-state index is 12.3. The second-order valence-electron chi connectivity index (χ2n) is 5.14. The van der Waals surface area contributed by atoms with E-state index < -0.39 is 5.97 Å². The van der Waals surface area contributed by atoms with Crippen LogP contribution in [0.25, 0.3) is 0 Å². The molecule has 1 rings (SSSR count). The van der Waals surface area contributed by atoms with E-state index in [9.17, 15) is 9.59 Å². The molecule has 1 fully saturated rings. The summed E-state index contributed by atoms with van der Waals surface area (Å²) in [5.41, 5.74) is 0. The number of carboxylic acids is 1. The molecular weight excluding hydrogens is 250 g/mol. The lowest BCUT2D eigenvalue weighted by molar-refractivity contribution is -0.145. The molecule has 104 valence electrons. The summed E-state index contributed by atoms with van der Waals surface area (Å²) in [4.78, 5) is 24.9. The van der Waals surface area contributed by atoms with Gasteiger partial charge in [-0.25, -0.2) is 0 Å². The molecule has 0 aromatic rings. The zero-order valence-electron chi connectivity index (χ0n) is 11.4. The maximum Gasteiger partial charge on any atom is 0.306 e. The minimum atomic E-state index is -0.718. The molecule has 0 saturated heterocycles. The zero-order valence-corrected chi connectivity index (χ0v) is 12.2. The Labute approximate surface area is 113 Å². The predicted molar refractivity (Wildman–Crippen MR) is 73.7 cm³/mol. The van der Waals surface area contributed by atoms with E-state index in [1.165, 1.54) is 0 Å². The van der Waals surface area contributed by atoms with Gasteiger partial charge in [-0.1, -0.05) is 0 Å². The van der Waals surface area contributed by atoms with Gasteiger partial charge in [-0.3, -0.25) is 9.59 Å². The van der Waals surface area contributed by atoms with Gasteiger partial charge in [-0.05, 0) is 38.9 Å². The Morgan fingerprint density at radius 3 is 2.22 bits per heavy atom. The van der Waals surface area contributed by atoms with Crippen LogP contribution in [0.2, 0.25) is 0 Å². The minimum Gasteiger partial charge on any atom is -0.481 e. The van der Waals surface area contributed by atoms with Crippen LogP contribution in [0.5, 0.6) is 0 Å². The van der Waals surface area contributed by atoms with Crippen LogP contribution >= 0.6 is 11.8 Å². The van der Waals surface area contributed by atoms with E-state index in [2.05, 4.69) is 6.92 Å². The van der Waals surface area contributed by atoms with Crippen molar-refractivity contribution in [2.75, 3.05) is 19.1 Å². The Kier molecular flexibility index (Phi) is 5.99. The first-order valence-electron chi connectivity index (χ1n) is 6.45. The molecule has 1 aliphatic carbocycles. The lowest BCUT2D eigenvalue weighted by Crippen LogP contribution is -2.41. The highest BCUT2D eigenvalue weighted by molar-refractivity contribution is 7.98. The largest absolute Gasteiger partial charge is 0.481 e. The van der Waals surface area contributed by atoms with Crippen LogP contribution < -0.4 is 0 Å². The number of carboxylic acid groups (broad SMARTS) is 1. The highest BCUT2D eigenvalue weighted by Crippen LogP contribution is 2.30. The summed E-state index contributed by atoms with van der Waals surface area (Å²) in [6.45, 7) is 2.05. The van der Waals surface area contributed by atoms with Gasteiger partial charge in [0.2, 0.25) is 5.91 Å². The fourth-order valence-corrected chi connectivity index (χ4v) is 3.15. The third-order valence-electron chi connectivity index (χ3n) is 3.84. The molecule has 5 heteroatoms. The second-order valence-corrected chi connectivity index (χ2v) is 6.05. The lowest BCUT2D eigenvalue weighted by Gasteiger charge is -2.32. The summed E-state index contributed by atoms with van der Waals surface area (Å²) < 4.78 is 0. The number of thioether (sulfide) groups is 1. The van der Waals surface area contributed by atoms with Crippen molar-refractivity contribution in [1.29, 1.82) is 0 Å². The first-order valence-corrected chi connectivity index (χ1v) is 7.85. The summed E-state index contributed by atoms with van der Waals surface area (Å²) in [7, 11) is 1.85. The minimum absolute atomic E-state index is 0.0231. The first-order chi connectivity index (χ1) is 8.47. The van der Waals surface area contributed by atoms with Crippen LogP contribution in [0.1, 0.15) is 32.6 Å². The molecular formula is C13H23NO3S.